The van der Waals surface area contributed by atoms with Gasteiger partial charge in [-0.05, 0) is 6.42 Å². The molecule has 2 rings (SSSR count). The third kappa shape index (κ3) is 2.21. The largest absolute Gasteiger partial charge is 0.412 e. The van der Waals surface area contributed by atoms with E-state index in [1.165, 1.54) is 4.90 Å². The average Bonchev–Trinajstić information content (AvgIpc) is 2.14. The number of nitrogens with one attached hydrogen (secondary N) is 1. The Kier molecular flexibility index (Phi) is 2.92. The second kappa shape index (κ2) is 4.08. The molecule has 0 unspecified atom stereocenters. The predicted octanol–water partition coefficient (Wildman–Crippen LogP) is 0.927. The molecule has 0 aromatic rings. The summed E-state index contributed by atoms with van der Waals surface area (Å²) in [5, 5.41) is 2.97. The van der Waals surface area contributed by atoms with Crippen molar-refractivity contribution < 1.29 is 18.0 Å². The van der Waals surface area contributed by atoms with Gasteiger partial charge in [-0.25, -0.2) is 0 Å². The maximum Gasteiger partial charge on any atom is 0.412 e. The van der Waals surface area contributed by atoms with Gasteiger partial charge in [0.2, 0.25) is 5.91 Å². The number of hydrogen-bond donors (Lipinski definition) is 1. The third-order valence-electron chi connectivity index (χ3n) is 3.02. The van der Waals surface area contributed by atoms with Crippen LogP contribution in [-0.4, -0.2) is 43.2 Å². The molecule has 0 aromatic heterocycles. The molecular weight excluding hydrogens is 221 g/mol. The molecular formula is C10H13F3N2O. The maximum atomic E-state index is 12.3. The highest BCUT2D eigenvalue weighted by atomic mass is 19.4. The van der Waals surface area contributed by atoms with Crippen molar-refractivity contribution in [3.63, 3.8) is 0 Å². The minimum atomic E-state index is -4.24. The number of alkyl halides is 3. The molecule has 6 heteroatoms. The lowest BCUT2D eigenvalue weighted by atomic mass is 10.00. The van der Waals surface area contributed by atoms with Crippen molar-refractivity contribution in [1.29, 1.82) is 0 Å². The average molecular weight is 234 g/mol. The highest BCUT2D eigenvalue weighted by molar-refractivity contribution is 5.80. The molecule has 0 bridgehead atoms. The fraction of sp³-hybridized carbons (Fsp3) is 0.700. The van der Waals surface area contributed by atoms with Crippen molar-refractivity contribution in [1.82, 2.24) is 10.2 Å². The molecule has 2 aliphatic heterocycles. The Balaban J connectivity index is 1.93. The van der Waals surface area contributed by atoms with Crippen LogP contribution in [-0.2, 0) is 4.79 Å². The number of halogens is 3. The molecule has 16 heavy (non-hydrogen) atoms. The molecule has 2 aliphatic rings. The zero-order valence-electron chi connectivity index (χ0n) is 8.68. The van der Waals surface area contributed by atoms with Crippen molar-refractivity contribution in [3.8, 4) is 0 Å². The number of hydrogen-bond acceptors (Lipinski definition) is 2. The standard InChI is InChI=1S/C10H13F3N2O/c11-10(12,13)8-1-3-15(4-2-8)9(16)7-5-14-6-7/h1,7,14H,2-6H2. The first kappa shape index (κ1) is 11.4. The van der Waals surface area contributed by atoms with Gasteiger partial charge in [0.25, 0.3) is 0 Å². The molecule has 1 amide bonds. The van der Waals surface area contributed by atoms with Gasteiger partial charge in [0.15, 0.2) is 0 Å². The zero-order chi connectivity index (χ0) is 11.8. The van der Waals surface area contributed by atoms with E-state index in [-0.39, 0.29) is 31.3 Å². The van der Waals surface area contributed by atoms with E-state index in [0.29, 0.717) is 13.1 Å². The van der Waals surface area contributed by atoms with Gasteiger partial charge in [-0.15, -0.1) is 0 Å². The van der Waals surface area contributed by atoms with Gasteiger partial charge < -0.3 is 10.2 Å². The molecule has 0 atom stereocenters. The second-order valence-electron chi connectivity index (χ2n) is 4.12. The molecule has 90 valence electrons. The maximum absolute atomic E-state index is 12.3. The summed E-state index contributed by atoms with van der Waals surface area (Å²) < 4.78 is 37.0. The molecule has 1 fully saturated rings. The highest BCUT2D eigenvalue weighted by Gasteiger charge is 2.37. The van der Waals surface area contributed by atoms with Gasteiger partial charge in [-0.2, -0.15) is 13.2 Å². The van der Waals surface area contributed by atoms with Crippen LogP contribution < -0.4 is 5.32 Å². The minimum Gasteiger partial charge on any atom is -0.338 e. The van der Waals surface area contributed by atoms with E-state index in [4.69, 9.17) is 0 Å². The lowest BCUT2D eigenvalue weighted by molar-refractivity contribution is -0.137. The van der Waals surface area contributed by atoms with Crippen LogP contribution in [0.1, 0.15) is 6.42 Å². The smallest absolute Gasteiger partial charge is 0.338 e. The van der Waals surface area contributed by atoms with Gasteiger partial charge in [-0.1, -0.05) is 6.08 Å². The van der Waals surface area contributed by atoms with E-state index in [1.54, 1.807) is 0 Å². The number of carbonyl (C=O) groups excluding carboxylic acids is 1. The summed E-state index contributed by atoms with van der Waals surface area (Å²) in [6.07, 6.45) is -3.21. The van der Waals surface area contributed by atoms with E-state index >= 15 is 0 Å². The van der Waals surface area contributed by atoms with Gasteiger partial charge >= 0.3 is 6.18 Å². The van der Waals surface area contributed by atoms with Crippen molar-refractivity contribution in [2.45, 2.75) is 12.6 Å². The number of carbonyl (C=O) groups is 1. The Hall–Kier alpha value is -1.04. The Bertz CT molecular complexity index is 321. The van der Waals surface area contributed by atoms with E-state index in [0.717, 1.165) is 6.08 Å². The normalized spacial score (nSPS) is 22.7. The summed E-state index contributed by atoms with van der Waals surface area (Å²) in [5.41, 5.74) is -0.511. The highest BCUT2D eigenvalue weighted by Crippen LogP contribution is 2.30. The summed E-state index contributed by atoms with van der Waals surface area (Å²) >= 11 is 0. The Morgan fingerprint density at radius 1 is 1.44 bits per heavy atom. The molecule has 0 radical (unpaired) electrons. The fourth-order valence-corrected chi connectivity index (χ4v) is 1.85. The minimum absolute atomic E-state index is 0.0313. The quantitative estimate of drug-likeness (QED) is 0.684. The molecule has 2 heterocycles. The van der Waals surface area contributed by atoms with Crippen LogP contribution in [0.15, 0.2) is 11.6 Å². The summed E-state index contributed by atoms with van der Waals surface area (Å²) in [7, 11) is 0. The molecule has 1 N–H and O–H groups in total. The molecule has 0 spiro atoms. The second-order valence-corrected chi connectivity index (χ2v) is 4.12. The first-order chi connectivity index (χ1) is 7.48. The van der Waals surface area contributed by atoms with Crippen molar-refractivity contribution in [2.24, 2.45) is 5.92 Å². The number of nitrogens with zero attached hydrogens (tertiary/aromatic N) is 1. The SMILES string of the molecule is O=C(C1CNC1)N1CC=C(C(F)(F)F)CC1. The van der Waals surface area contributed by atoms with Gasteiger partial charge in [0.1, 0.15) is 0 Å². The number of rotatable bonds is 1. The van der Waals surface area contributed by atoms with E-state index in [2.05, 4.69) is 5.32 Å². The van der Waals surface area contributed by atoms with Crippen LogP contribution in [0, 0.1) is 5.92 Å². The third-order valence-corrected chi connectivity index (χ3v) is 3.02. The van der Waals surface area contributed by atoms with Crippen molar-refractivity contribution in [3.05, 3.63) is 11.6 Å². The molecule has 1 saturated heterocycles. The molecule has 0 saturated carbocycles. The summed E-state index contributed by atoms with van der Waals surface area (Å²) in [4.78, 5) is 13.2. The van der Waals surface area contributed by atoms with E-state index in [9.17, 15) is 18.0 Å². The van der Waals surface area contributed by atoms with E-state index < -0.39 is 11.7 Å². The van der Waals surface area contributed by atoms with Crippen LogP contribution in [0.4, 0.5) is 13.2 Å². The first-order valence-electron chi connectivity index (χ1n) is 5.24. The van der Waals surface area contributed by atoms with Crippen LogP contribution in [0.3, 0.4) is 0 Å². The van der Waals surface area contributed by atoms with Gasteiger partial charge in [-0.3, -0.25) is 4.79 Å². The summed E-state index contributed by atoms with van der Waals surface area (Å²) in [6.45, 7) is 1.56. The Labute approximate surface area is 91.3 Å². The monoisotopic (exact) mass is 234 g/mol. The molecule has 0 aromatic carbocycles. The fourth-order valence-electron chi connectivity index (χ4n) is 1.85. The van der Waals surface area contributed by atoms with Crippen LogP contribution >= 0.6 is 0 Å². The molecule has 3 nitrogen and oxygen atoms in total. The zero-order valence-corrected chi connectivity index (χ0v) is 8.68. The lowest BCUT2D eigenvalue weighted by Crippen LogP contribution is -2.52. The van der Waals surface area contributed by atoms with Crippen LogP contribution in [0.5, 0.6) is 0 Å². The Morgan fingerprint density at radius 2 is 2.12 bits per heavy atom. The summed E-state index contributed by atoms with van der Waals surface area (Å²) in [5.74, 6) is -0.0722. The summed E-state index contributed by atoms with van der Waals surface area (Å²) in [6, 6.07) is 0. The van der Waals surface area contributed by atoms with Crippen LogP contribution in [0.2, 0.25) is 0 Å². The first-order valence-corrected chi connectivity index (χ1v) is 5.24. The Morgan fingerprint density at radius 3 is 2.50 bits per heavy atom. The number of amides is 1. The topological polar surface area (TPSA) is 32.3 Å². The predicted molar refractivity (Wildman–Crippen MR) is 51.7 cm³/mol. The van der Waals surface area contributed by atoms with Crippen molar-refractivity contribution in [2.75, 3.05) is 26.2 Å². The van der Waals surface area contributed by atoms with Gasteiger partial charge in [0.05, 0.1) is 5.92 Å². The van der Waals surface area contributed by atoms with Gasteiger partial charge in [0, 0.05) is 31.8 Å². The van der Waals surface area contributed by atoms with E-state index in [1.807, 2.05) is 0 Å². The van der Waals surface area contributed by atoms with Crippen molar-refractivity contribution >= 4 is 5.91 Å². The van der Waals surface area contributed by atoms with Crippen LogP contribution in [0.25, 0.3) is 0 Å². The molecule has 0 aliphatic carbocycles. The lowest BCUT2D eigenvalue weighted by Gasteiger charge is -2.34.